The molecule has 6 nitrogen and oxygen atoms in total. The molecule has 0 saturated heterocycles. The van der Waals surface area contributed by atoms with Crippen LogP contribution in [-0.2, 0) is 16.0 Å². The summed E-state index contributed by atoms with van der Waals surface area (Å²) in [5.41, 5.74) is 7.05. The van der Waals surface area contributed by atoms with Gasteiger partial charge in [-0.25, -0.2) is 0 Å². The van der Waals surface area contributed by atoms with Gasteiger partial charge in [-0.1, -0.05) is 19.0 Å². The van der Waals surface area contributed by atoms with Crippen molar-refractivity contribution in [1.82, 2.24) is 10.5 Å². The maximum Gasteiger partial charge on any atom is 0.241 e. The van der Waals surface area contributed by atoms with Gasteiger partial charge < -0.3 is 20.3 Å². The summed E-state index contributed by atoms with van der Waals surface area (Å²) in [5.74, 6) is 0.684. The van der Waals surface area contributed by atoms with Crippen molar-refractivity contribution in [2.24, 2.45) is 11.1 Å². The van der Waals surface area contributed by atoms with Crippen molar-refractivity contribution < 1.29 is 14.1 Å². The van der Waals surface area contributed by atoms with E-state index in [9.17, 15) is 4.79 Å². The molecule has 3 N–H and O–H groups in total. The van der Waals surface area contributed by atoms with Gasteiger partial charge in [0, 0.05) is 30.0 Å². The molecule has 1 fully saturated rings. The van der Waals surface area contributed by atoms with E-state index in [1.807, 2.05) is 41.5 Å². The first-order chi connectivity index (χ1) is 10.6. The number of rotatable bonds is 6. The highest BCUT2D eigenvalue weighted by Gasteiger charge is 2.62. The second-order valence-electron chi connectivity index (χ2n) is 7.22. The molecule has 1 aromatic heterocycles. The van der Waals surface area contributed by atoms with E-state index in [1.165, 1.54) is 0 Å². The Morgan fingerprint density at radius 2 is 2.12 bits per heavy atom. The van der Waals surface area contributed by atoms with Crippen LogP contribution in [0.15, 0.2) is 4.52 Å². The molecule has 1 aromatic rings. The van der Waals surface area contributed by atoms with Crippen molar-refractivity contribution in [2.45, 2.75) is 72.1 Å². The minimum atomic E-state index is -0.889. The maximum atomic E-state index is 12.7. The van der Waals surface area contributed by atoms with Crippen molar-refractivity contribution in [1.29, 1.82) is 0 Å². The Bertz CT molecular complexity index is 568. The monoisotopic (exact) mass is 359 g/mol. The third kappa shape index (κ3) is 3.46. The van der Waals surface area contributed by atoms with Crippen LogP contribution >= 0.6 is 12.4 Å². The molecule has 0 radical (unpaired) electrons. The predicted molar refractivity (Wildman–Crippen MR) is 95.3 cm³/mol. The molecule has 0 spiro atoms. The number of carbonyl (C=O) groups excluding carboxylic acids is 1. The third-order valence-corrected chi connectivity index (χ3v) is 5.30. The van der Waals surface area contributed by atoms with Crippen LogP contribution in [0, 0.1) is 19.3 Å². The van der Waals surface area contributed by atoms with Gasteiger partial charge in [-0.3, -0.25) is 4.79 Å². The zero-order valence-electron chi connectivity index (χ0n) is 15.4. The fraction of sp³-hybridized carbons (Fsp3) is 0.765. The average molecular weight is 360 g/mol. The molecule has 24 heavy (non-hydrogen) atoms. The summed E-state index contributed by atoms with van der Waals surface area (Å²) in [6, 6.07) is -0.0401. The molecule has 0 bridgehead atoms. The van der Waals surface area contributed by atoms with Gasteiger partial charge in [0.25, 0.3) is 0 Å². The molecule has 3 unspecified atom stereocenters. The Hall–Kier alpha value is -1.11. The number of carbonyl (C=O) groups is 1. The Kier molecular flexibility index (Phi) is 6.47. The van der Waals surface area contributed by atoms with Crippen molar-refractivity contribution in [2.75, 3.05) is 6.61 Å². The summed E-state index contributed by atoms with van der Waals surface area (Å²) >= 11 is 0. The zero-order chi connectivity index (χ0) is 17.4. The van der Waals surface area contributed by atoms with Crippen LogP contribution in [0.5, 0.6) is 0 Å². The number of hydrogen-bond acceptors (Lipinski definition) is 5. The lowest BCUT2D eigenvalue weighted by Gasteiger charge is -2.57. The number of halogens is 1. The Morgan fingerprint density at radius 3 is 2.58 bits per heavy atom. The molecule has 1 heterocycles. The second-order valence-corrected chi connectivity index (χ2v) is 7.22. The molecule has 1 saturated carbocycles. The summed E-state index contributed by atoms with van der Waals surface area (Å²) in [5, 5.41) is 6.99. The first-order valence-corrected chi connectivity index (χ1v) is 8.26. The smallest absolute Gasteiger partial charge is 0.241 e. The summed E-state index contributed by atoms with van der Waals surface area (Å²) in [4.78, 5) is 12.7. The van der Waals surface area contributed by atoms with Gasteiger partial charge >= 0.3 is 0 Å². The molecular weight excluding hydrogens is 330 g/mol. The lowest BCUT2D eigenvalue weighted by atomic mass is 9.54. The summed E-state index contributed by atoms with van der Waals surface area (Å²) in [7, 11) is 0. The van der Waals surface area contributed by atoms with E-state index in [2.05, 4.69) is 10.5 Å². The minimum absolute atomic E-state index is 0. The van der Waals surface area contributed by atoms with Gasteiger partial charge in [0.05, 0.1) is 11.8 Å². The van der Waals surface area contributed by atoms with E-state index in [-0.39, 0.29) is 35.9 Å². The van der Waals surface area contributed by atoms with E-state index in [0.29, 0.717) is 19.4 Å². The van der Waals surface area contributed by atoms with Crippen LogP contribution in [0.3, 0.4) is 0 Å². The van der Waals surface area contributed by atoms with Crippen LogP contribution in [0.25, 0.3) is 0 Å². The molecule has 3 atom stereocenters. The molecule has 1 aliphatic rings. The van der Waals surface area contributed by atoms with Crippen LogP contribution in [0.1, 0.15) is 51.1 Å². The lowest BCUT2D eigenvalue weighted by Crippen LogP contribution is -2.76. The standard InChI is InChI=1S/C17H29N3O3.ClH/c1-7-22-14-9-17(18,16(14,5)6)15(21)19-10(2)8-13-11(3)20-23-12(13)4;/h10,14H,7-9,18H2,1-6H3,(H,19,21);1H. The van der Waals surface area contributed by atoms with Crippen molar-refractivity contribution in [3.63, 3.8) is 0 Å². The van der Waals surface area contributed by atoms with Crippen molar-refractivity contribution in [3.8, 4) is 0 Å². The molecule has 0 aromatic carbocycles. The summed E-state index contributed by atoms with van der Waals surface area (Å²) in [6.07, 6.45) is 1.26. The van der Waals surface area contributed by atoms with Gasteiger partial charge in [-0.05, 0) is 34.1 Å². The highest BCUT2D eigenvalue weighted by atomic mass is 35.5. The zero-order valence-corrected chi connectivity index (χ0v) is 16.3. The number of ether oxygens (including phenoxy) is 1. The lowest BCUT2D eigenvalue weighted by molar-refractivity contribution is -0.171. The highest BCUT2D eigenvalue weighted by Crippen LogP contribution is 2.49. The number of aromatic nitrogens is 1. The molecule has 2 rings (SSSR count). The van der Waals surface area contributed by atoms with Gasteiger partial charge in [-0.2, -0.15) is 0 Å². The van der Waals surface area contributed by atoms with Gasteiger partial charge in [0.1, 0.15) is 11.3 Å². The Balaban J connectivity index is 0.00000288. The van der Waals surface area contributed by atoms with Crippen LogP contribution in [0.2, 0.25) is 0 Å². The van der Waals surface area contributed by atoms with Crippen LogP contribution in [-0.4, -0.2) is 35.4 Å². The molecule has 1 aliphatic carbocycles. The Labute approximate surface area is 150 Å². The van der Waals surface area contributed by atoms with Gasteiger partial charge in [0.2, 0.25) is 5.91 Å². The normalized spacial score (nSPS) is 26.2. The summed E-state index contributed by atoms with van der Waals surface area (Å²) in [6.45, 7) is 12.3. The molecule has 0 aliphatic heterocycles. The van der Waals surface area contributed by atoms with E-state index < -0.39 is 5.54 Å². The van der Waals surface area contributed by atoms with E-state index in [4.69, 9.17) is 15.0 Å². The van der Waals surface area contributed by atoms with Crippen LogP contribution < -0.4 is 11.1 Å². The highest BCUT2D eigenvalue weighted by molar-refractivity contribution is 5.89. The van der Waals surface area contributed by atoms with E-state index in [0.717, 1.165) is 17.0 Å². The number of nitrogens with zero attached hydrogens (tertiary/aromatic N) is 1. The SMILES string of the molecule is CCOC1CC(N)(C(=O)NC(C)Cc2c(C)noc2C)C1(C)C.Cl. The quantitative estimate of drug-likeness (QED) is 0.813. The third-order valence-electron chi connectivity index (χ3n) is 5.30. The second kappa shape index (κ2) is 7.42. The fourth-order valence-corrected chi connectivity index (χ4v) is 3.32. The molecule has 138 valence electrons. The van der Waals surface area contributed by atoms with Crippen molar-refractivity contribution in [3.05, 3.63) is 17.0 Å². The topological polar surface area (TPSA) is 90.4 Å². The number of nitrogens with one attached hydrogen (secondary N) is 1. The van der Waals surface area contributed by atoms with Crippen molar-refractivity contribution >= 4 is 18.3 Å². The van der Waals surface area contributed by atoms with E-state index >= 15 is 0 Å². The number of hydrogen-bond donors (Lipinski definition) is 2. The first-order valence-electron chi connectivity index (χ1n) is 8.26. The molecule has 1 amide bonds. The first kappa shape index (κ1) is 20.9. The molecular formula is C17H30ClN3O3. The average Bonchev–Trinajstić information content (AvgIpc) is 2.78. The number of nitrogens with two attached hydrogens (primary N) is 1. The largest absolute Gasteiger partial charge is 0.378 e. The number of aryl methyl sites for hydroxylation is 2. The molecule has 7 heteroatoms. The predicted octanol–water partition coefficient (Wildman–Crippen LogP) is 2.29. The Morgan fingerprint density at radius 1 is 1.50 bits per heavy atom. The van der Waals surface area contributed by atoms with Crippen LogP contribution in [0.4, 0.5) is 0 Å². The number of amides is 1. The van der Waals surface area contributed by atoms with E-state index in [1.54, 1.807) is 0 Å². The van der Waals surface area contributed by atoms with Gasteiger partial charge in [0.15, 0.2) is 0 Å². The maximum absolute atomic E-state index is 12.7. The fourth-order valence-electron chi connectivity index (χ4n) is 3.32. The minimum Gasteiger partial charge on any atom is -0.378 e. The summed E-state index contributed by atoms with van der Waals surface area (Å²) < 4.78 is 10.9. The van der Waals surface area contributed by atoms with Gasteiger partial charge in [-0.15, -0.1) is 12.4 Å².